The Balaban J connectivity index is 1.46. The zero-order valence-electron chi connectivity index (χ0n) is 15.0. The first-order valence-electron chi connectivity index (χ1n) is 8.68. The van der Waals surface area contributed by atoms with Crippen LogP contribution in [0.3, 0.4) is 0 Å². The maximum absolute atomic E-state index is 11.9. The van der Waals surface area contributed by atoms with Gasteiger partial charge in [0, 0.05) is 42.7 Å². The molecule has 3 rings (SSSR count). The van der Waals surface area contributed by atoms with E-state index in [2.05, 4.69) is 15.3 Å². The fourth-order valence-electron chi connectivity index (χ4n) is 2.49. The number of rotatable bonds is 7. The van der Waals surface area contributed by atoms with Crippen molar-refractivity contribution in [3.05, 3.63) is 94.3 Å². The SMILES string of the molecule is O=C(/C=C/c1ccc([N+](=O)[O-])cc1)NCCc1cnc(-c2ccccc2)nc1. The highest BCUT2D eigenvalue weighted by atomic mass is 16.6. The van der Waals surface area contributed by atoms with E-state index in [1.165, 1.54) is 18.2 Å². The molecule has 0 spiro atoms. The number of nitrogens with zero attached hydrogens (tertiary/aromatic N) is 3. The molecule has 3 aromatic rings. The van der Waals surface area contributed by atoms with Gasteiger partial charge in [-0.25, -0.2) is 9.97 Å². The second-order valence-corrected chi connectivity index (χ2v) is 6.00. The van der Waals surface area contributed by atoms with Crippen LogP contribution in [0.15, 0.2) is 73.1 Å². The normalized spacial score (nSPS) is 10.7. The quantitative estimate of drug-likeness (QED) is 0.388. The van der Waals surface area contributed by atoms with Crippen LogP contribution in [0.4, 0.5) is 5.69 Å². The maximum atomic E-state index is 11.9. The molecule has 1 aromatic heterocycles. The number of non-ortho nitro benzene ring substituents is 1. The van der Waals surface area contributed by atoms with Gasteiger partial charge in [0.1, 0.15) is 0 Å². The van der Waals surface area contributed by atoms with Crippen molar-refractivity contribution in [3.63, 3.8) is 0 Å². The molecular formula is C21H18N4O3. The van der Waals surface area contributed by atoms with Gasteiger partial charge >= 0.3 is 0 Å². The van der Waals surface area contributed by atoms with Crippen molar-refractivity contribution in [1.82, 2.24) is 15.3 Å². The van der Waals surface area contributed by atoms with Gasteiger partial charge in [0.05, 0.1) is 4.92 Å². The smallest absolute Gasteiger partial charge is 0.269 e. The van der Waals surface area contributed by atoms with Crippen molar-refractivity contribution in [3.8, 4) is 11.4 Å². The third-order valence-electron chi connectivity index (χ3n) is 3.98. The van der Waals surface area contributed by atoms with Crippen molar-refractivity contribution < 1.29 is 9.72 Å². The maximum Gasteiger partial charge on any atom is 0.269 e. The van der Waals surface area contributed by atoms with Crippen LogP contribution in [0.2, 0.25) is 0 Å². The number of hydrogen-bond acceptors (Lipinski definition) is 5. The molecular weight excluding hydrogens is 356 g/mol. The van der Waals surface area contributed by atoms with Crippen molar-refractivity contribution in [2.75, 3.05) is 6.54 Å². The van der Waals surface area contributed by atoms with Gasteiger partial charge in [-0.2, -0.15) is 0 Å². The minimum Gasteiger partial charge on any atom is -0.352 e. The molecule has 0 saturated carbocycles. The monoisotopic (exact) mass is 374 g/mol. The van der Waals surface area contributed by atoms with Crippen LogP contribution < -0.4 is 5.32 Å². The molecule has 0 aliphatic rings. The van der Waals surface area contributed by atoms with Gasteiger partial charge < -0.3 is 5.32 Å². The number of benzene rings is 2. The average Bonchev–Trinajstić information content (AvgIpc) is 2.74. The largest absolute Gasteiger partial charge is 0.352 e. The molecule has 0 aliphatic heterocycles. The van der Waals surface area contributed by atoms with E-state index < -0.39 is 4.92 Å². The third kappa shape index (κ3) is 5.31. The van der Waals surface area contributed by atoms with E-state index in [0.717, 1.165) is 11.1 Å². The second-order valence-electron chi connectivity index (χ2n) is 6.00. The summed E-state index contributed by atoms with van der Waals surface area (Å²) in [5.74, 6) is 0.430. The number of hydrogen-bond donors (Lipinski definition) is 1. The molecule has 0 atom stereocenters. The van der Waals surface area contributed by atoms with E-state index in [-0.39, 0.29) is 11.6 Å². The topological polar surface area (TPSA) is 98.0 Å². The molecule has 140 valence electrons. The Morgan fingerprint density at radius 2 is 1.71 bits per heavy atom. The van der Waals surface area contributed by atoms with E-state index in [1.54, 1.807) is 30.6 Å². The summed E-state index contributed by atoms with van der Waals surface area (Å²) in [5, 5.41) is 13.4. The highest BCUT2D eigenvalue weighted by molar-refractivity contribution is 5.91. The molecule has 0 radical (unpaired) electrons. The number of aromatic nitrogens is 2. The van der Waals surface area contributed by atoms with Crippen molar-refractivity contribution in [2.24, 2.45) is 0 Å². The summed E-state index contributed by atoms with van der Waals surface area (Å²) in [4.78, 5) is 30.8. The predicted octanol–water partition coefficient (Wildman–Crippen LogP) is 3.42. The van der Waals surface area contributed by atoms with Crippen LogP contribution in [-0.4, -0.2) is 27.3 Å². The Labute approximate surface area is 161 Å². The van der Waals surface area contributed by atoms with Crippen molar-refractivity contribution >= 4 is 17.7 Å². The third-order valence-corrected chi connectivity index (χ3v) is 3.98. The molecule has 1 amide bonds. The zero-order valence-corrected chi connectivity index (χ0v) is 15.0. The average molecular weight is 374 g/mol. The molecule has 0 fully saturated rings. The standard InChI is InChI=1S/C21H18N4O3/c26-20(11-8-16-6-9-19(10-7-16)25(27)28)22-13-12-17-14-23-21(24-15-17)18-4-2-1-3-5-18/h1-11,14-15H,12-13H2,(H,22,26)/b11-8+. The van der Waals surface area contributed by atoms with E-state index in [0.29, 0.717) is 24.4 Å². The molecule has 1 N–H and O–H groups in total. The van der Waals surface area contributed by atoms with Gasteiger partial charge in [0.25, 0.3) is 5.69 Å². The fourth-order valence-corrected chi connectivity index (χ4v) is 2.49. The minimum absolute atomic E-state index is 0.0158. The van der Waals surface area contributed by atoms with Crippen LogP contribution in [-0.2, 0) is 11.2 Å². The van der Waals surface area contributed by atoms with Crippen LogP contribution in [0, 0.1) is 10.1 Å². The molecule has 28 heavy (non-hydrogen) atoms. The lowest BCUT2D eigenvalue weighted by atomic mass is 10.2. The number of amides is 1. The van der Waals surface area contributed by atoms with E-state index in [1.807, 2.05) is 30.3 Å². The first-order valence-corrected chi connectivity index (χ1v) is 8.68. The highest BCUT2D eigenvalue weighted by Gasteiger charge is 2.03. The summed E-state index contributed by atoms with van der Waals surface area (Å²) in [6.45, 7) is 0.456. The summed E-state index contributed by atoms with van der Waals surface area (Å²) in [6, 6.07) is 15.7. The first kappa shape index (κ1) is 18.9. The Morgan fingerprint density at radius 3 is 2.36 bits per heavy atom. The Bertz CT molecular complexity index is 969. The summed E-state index contributed by atoms with van der Waals surface area (Å²) in [5.41, 5.74) is 2.62. The van der Waals surface area contributed by atoms with Gasteiger partial charge in [-0.3, -0.25) is 14.9 Å². The molecule has 2 aromatic carbocycles. The van der Waals surface area contributed by atoms with Crippen molar-refractivity contribution in [1.29, 1.82) is 0 Å². The first-order chi connectivity index (χ1) is 13.6. The van der Waals surface area contributed by atoms with Crippen LogP contribution >= 0.6 is 0 Å². The lowest BCUT2D eigenvalue weighted by Gasteiger charge is -2.04. The summed E-state index contributed by atoms with van der Waals surface area (Å²) in [6.07, 6.45) is 7.14. The molecule has 0 saturated heterocycles. The second kappa shape index (κ2) is 9.18. The van der Waals surface area contributed by atoms with Crippen LogP contribution in [0.5, 0.6) is 0 Å². The molecule has 7 nitrogen and oxygen atoms in total. The van der Waals surface area contributed by atoms with E-state index >= 15 is 0 Å². The number of nitro benzene ring substituents is 1. The van der Waals surface area contributed by atoms with Gasteiger partial charge in [0.2, 0.25) is 5.91 Å². The van der Waals surface area contributed by atoms with Gasteiger partial charge in [-0.15, -0.1) is 0 Å². The Kier molecular flexibility index (Phi) is 6.20. The number of nitro groups is 1. The Morgan fingerprint density at radius 1 is 1.04 bits per heavy atom. The number of carbonyl (C=O) groups excluding carboxylic acids is 1. The van der Waals surface area contributed by atoms with E-state index in [4.69, 9.17) is 0 Å². The number of nitrogens with one attached hydrogen (secondary N) is 1. The number of carbonyl (C=O) groups is 1. The van der Waals surface area contributed by atoms with Crippen molar-refractivity contribution in [2.45, 2.75) is 6.42 Å². The zero-order chi connectivity index (χ0) is 19.8. The molecule has 1 heterocycles. The lowest BCUT2D eigenvalue weighted by Crippen LogP contribution is -2.23. The van der Waals surface area contributed by atoms with E-state index in [9.17, 15) is 14.9 Å². The molecule has 0 unspecified atom stereocenters. The van der Waals surface area contributed by atoms with Crippen LogP contribution in [0.1, 0.15) is 11.1 Å². The highest BCUT2D eigenvalue weighted by Crippen LogP contribution is 2.14. The molecule has 0 bridgehead atoms. The van der Waals surface area contributed by atoms with Gasteiger partial charge in [-0.1, -0.05) is 30.3 Å². The summed E-state index contributed by atoms with van der Waals surface area (Å²) < 4.78 is 0. The lowest BCUT2D eigenvalue weighted by molar-refractivity contribution is -0.384. The fraction of sp³-hybridized carbons (Fsp3) is 0.0952. The molecule has 0 aliphatic carbocycles. The summed E-state index contributed by atoms with van der Waals surface area (Å²) in [7, 11) is 0. The summed E-state index contributed by atoms with van der Waals surface area (Å²) >= 11 is 0. The Hall–Kier alpha value is -3.87. The molecule has 7 heteroatoms. The van der Waals surface area contributed by atoms with Crippen LogP contribution in [0.25, 0.3) is 17.5 Å². The van der Waals surface area contributed by atoms with Gasteiger partial charge in [0.15, 0.2) is 5.82 Å². The predicted molar refractivity (Wildman–Crippen MR) is 106 cm³/mol. The minimum atomic E-state index is -0.462. The van der Waals surface area contributed by atoms with Gasteiger partial charge in [-0.05, 0) is 35.8 Å².